The molecule has 92 valence electrons. The van der Waals surface area contributed by atoms with E-state index in [2.05, 4.69) is 27.3 Å². The lowest BCUT2D eigenvalue weighted by Gasteiger charge is -2.15. The molecular weight excluding hydrogens is 210 g/mol. The van der Waals surface area contributed by atoms with Crippen LogP contribution >= 0.6 is 0 Å². The van der Waals surface area contributed by atoms with Gasteiger partial charge in [-0.05, 0) is 49.9 Å². The number of nitrogens with one attached hydrogen (secondary N) is 1. The van der Waals surface area contributed by atoms with Crippen LogP contribution in [0.5, 0.6) is 0 Å². The molecule has 1 unspecified atom stereocenters. The van der Waals surface area contributed by atoms with Crippen LogP contribution in [0.4, 0.5) is 0 Å². The van der Waals surface area contributed by atoms with Gasteiger partial charge in [-0.2, -0.15) is 0 Å². The Morgan fingerprint density at radius 3 is 2.82 bits per heavy atom. The van der Waals surface area contributed by atoms with Gasteiger partial charge in [0.2, 0.25) is 0 Å². The van der Waals surface area contributed by atoms with E-state index in [0.29, 0.717) is 0 Å². The molecule has 2 fully saturated rings. The second-order valence-electron chi connectivity index (χ2n) is 5.27. The predicted molar refractivity (Wildman–Crippen MR) is 68.9 cm³/mol. The molecule has 0 bridgehead atoms. The van der Waals surface area contributed by atoms with Crippen LogP contribution in [-0.4, -0.2) is 41.6 Å². The predicted octanol–water partition coefficient (Wildman–Crippen LogP) is 1.45. The molecule has 0 aromatic carbocycles. The fraction of sp³-hybridized carbons (Fsp3) is 0.643. The molecule has 1 saturated carbocycles. The molecule has 2 heterocycles. The molecule has 1 atom stereocenters. The number of likely N-dealkylation sites (tertiary alicyclic amines) is 1. The second kappa shape index (κ2) is 5.15. The third-order valence-corrected chi connectivity index (χ3v) is 3.88. The highest BCUT2D eigenvalue weighted by molar-refractivity contribution is 5.09. The average molecular weight is 231 g/mol. The van der Waals surface area contributed by atoms with Gasteiger partial charge in [0.15, 0.2) is 0 Å². The molecule has 3 heteroatoms. The Morgan fingerprint density at radius 2 is 2.06 bits per heavy atom. The first-order chi connectivity index (χ1) is 8.42. The van der Waals surface area contributed by atoms with Crippen molar-refractivity contribution in [1.82, 2.24) is 15.2 Å². The Labute approximate surface area is 103 Å². The molecule has 3 rings (SSSR count). The third-order valence-electron chi connectivity index (χ3n) is 3.88. The van der Waals surface area contributed by atoms with Crippen molar-refractivity contribution >= 4 is 0 Å². The average Bonchev–Trinajstić information content (AvgIpc) is 3.11. The zero-order chi connectivity index (χ0) is 11.5. The monoisotopic (exact) mass is 231 g/mol. The topological polar surface area (TPSA) is 28.2 Å². The van der Waals surface area contributed by atoms with Crippen molar-refractivity contribution in [2.75, 3.05) is 19.6 Å². The third kappa shape index (κ3) is 3.05. The van der Waals surface area contributed by atoms with Crippen LogP contribution in [0.3, 0.4) is 0 Å². The van der Waals surface area contributed by atoms with Crippen LogP contribution in [0, 0.1) is 0 Å². The van der Waals surface area contributed by atoms with Gasteiger partial charge in [0.25, 0.3) is 0 Å². The fourth-order valence-electron chi connectivity index (χ4n) is 2.70. The number of hydrogen-bond acceptors (Lipinski definition) is 3. The Morgan fingerprint density at radius 1 is 1.24 bits per heavy atom. The Bertz CT molecular complexity index is 348. The smallest absolute Gasteiger partial charge is 0.0270 e. The van der Waals surface area contributed by atoms with E-state index in [0.717, 1.165) is 25.0 Å². The lowest BCUT2D eigenvalue weighted by atomic mass is 10.2. The summed E-state index contributed by atoms with van der Waals surface area (Å²) < 4.78 is 0. The molecule has 2 aliphatic rings. The zero-order valence-corrected chi connectivity index (χ0v) is 10.3. The Balaban J connectivity index is 1.37. The highest BCUT2D eigenvalue weighted by Gasteiger charge is 2.33. The molecule has 3 nitrogen and oxygen atoms in total. The fourth-order valence-corrected chi connectivity index (χ4v) is 2.70. The summed E-state index contributed by atoms with van der Waals surface area (Å²) in [6, 6.07) is 5.86. The summed E-state index contributed by atoms with van der Waals surface area (Å²) in [6.07, 6.45) is 9.06. The van der Waals surface area contributed by atoms with Crippen molar-refractivity contribution in [3.8, 4) is 0 Å². The van der Waals surface area contributed by atoms with E-state index >= 15 is 0 Å². The largest absolute Gasteiger partial charge is 0.312 e. The lowest BCUT2D eigenvalue weighted by molar-refractivity contribution is 0.318. The van der Waals surface area contributed by atoms with Crippen molar-refractivity contribution in [2.45, 2.75) is 37.8 Å². The summed E-state index contributed by atoms with van der Waals surface area (Å²) >= 11 is 0. The molecule has 1 N–H and O–H groups in total. The molecule has 0 amide bonds. The first-order valence-electron chi connectivity index (χ1n) is 6.78. The Kier molecular flexibility index (Phi) is 3.39. The minimum atomic E-state index is 0.720. The van der Waals surface area contributed by atoms with Crippen LogP contribution in [0.1, 0.15) is 24.8 Å². The molecule has 1 aliphatic heterocycles. The van der Waals surface area contributed by atoms with E-state index in [4.69, 9.17) is 0 Å². The van der Waals surface area contributed by atoms with Gasteiger partial charge < -0.3 is 5.32 Å². The summed E-state index contributed by atoms with van der Waals surface area (Å²) in [6.45, 7) is 3.66. The molecule has 1 aromatic heterocycles. The van der Waals surface area contributed by atoms with E-state index in [1.54, 1.807) is 0 Å². The number of aromatic nitrogens is 1. The van der Waals surface area contributed by atoms with Crippen LogP contribution < -0.4 is 5.32 Å². The van der Waals surface area contributed by atoms with Crippen molar-refractivity contribution < 1.29 is 0 Å². The molecule has 1 saturated heterocycles. The van der Waals surface area contributed by atoms with Crippen LogP contribution in [0.25, 0.3) is 0 Å². The van der Waals surface area contributed by atoms with Crippen molar-refractivity contribution in [2.24, 2.45) is 0 Å². The molecule has 1 aromatic rings. The van der Waals surface area contributed by atoms with Crippen LogP contribution in [-0.2, 0) is 6.42 Å². The van der Waals surface area contributed by atoms with Crippen molar-refractivity contribution in [3.05, 3.63) is 30.1 Å². The minimum absolute atomic E-state index is 0.720. The van der Waals surface area contributed by atoms with Crippen LogP contribution in [0.2, 0.25) is 0 Å². The maximum Gasteiger partial charge on any atom is 0.0270 e. The normalized spacial score (nSPS) is 25.3. The number of rotatable bonds is 5. The molecule has 17 heavy (non-hydrogen) atoms. The van der Waals surface area contributed by atoms with Gasteiger partial charge in [-0.1, -0.05) is 0 Å². The highest BCUT2D eigenvalue weighted by atomic mass is 15.2. The van der Waals surface area contributed by atoms with Gasteiger partial charge in [0, 0.05) is 37.6 Å². The molecule has 0 radical (unpaired) electrons. The van der Waals surface area contributed by atoms with Gasteiger partial charge in [-0.3, -0.25) is 9.88 Å². The van der Waals surface area contributed by atoms with Gasteiger partial charge in [-0.15, -0.1) is 0 Å². The van der Waals surface area contributed by atoms with E-state index < -0.39 is 0 Å². The van der Waals surface area contributed by atoms with Crippen molar-refractivity contribution in [1.29, 1.82) is 0 Å². The van der Waals surface area contributed by atoms with Gasteiger partial charge in [0.05, 0.1) is 0 Å². The first kappa shape index (κ1) is 11.2. The molecular formula is C14H21N3. The van der Waals surface area contributed by atoms with Gasteiger partial charge in [0.1, 0.15) is 0 Å². The van der Waals surface area contributed by atoms with Crippen molar-refractivity contribution in [3.63, 3.8) is 0 Å². The highest BCUT2D eigenvalue weighted by Crippen LogP contribution is 2.29. The summed E-state index contributed by atoms with van der Waals surface area (Å²) in [4.78, 5) is 6.70. The van der Waals surface area contributed by atoms with E-state index in [9.17, 15) is 0 Å². The second-order valence-corrected chi connectivity index (χ2v) is 5.27. The number of pyridine rings is 1. The van der Waals surface area contributed by atoms with E-state index in [1.807, 2.05) is 12.4 Å². The summed E-state index contributed by atoms with van der Waals surface area (Å²) in [5, 5.41) is 3.68. The van der Waals surface area contributed by atoms with Gasteiger partial charge >= 0.3 is 0 Å². The zero-order valence-electron chi connectivity index (χ0n) is 10.3. The first-order valence-corrected chi connectivity index (χ1v) is 6.78. The van der Waals surface area contributed by atoms with Gasteiger partial charge in [-0.25, -0.2) is 0 Å². The lowest BCUT2D eigenvalue weighted by Crippen LogP contribution is -2.34. The maximum absolute atomic E-state index is 4.04. The summed E-state index contributed by atoms with van der Waals surface area (Å²) in [5.41, 5.74) is 1.38. The number of hydrogen-bond donors (Lipinski definition) is 1. The Hall–Kier alpha value is -0.930. The molecule has 0 spiro atoms. The quantitative estimate of drug-likeness (QED) is 0.831. The minimum Gasteiger partial charge on any atom is -0.312 e. The SMILES string of the molecule is c1cc(CCNC2CCN(C3CC3)C2)ccn1. The molecule has 1 aliphatic carbocycles. The number of nitrogens with zero attached hydrogens (tertiary/aromatic N) is 2. The van der Waals surface area contributed by atoms with E-state index in [-0.39, 0.29) is 0 Å². The van der Waals surface area contributed by atoms with Crippen LogP contribution in [0.15, 0.2) is 24.5 Å². The maximum atomic E-state index is 4.04. The summed E-state index contributed by atoms with van der Waals surface area (Å²) in [5.74, 6) is 0. The summed E-state index contributed by atoms with van der Waals surface area (Å²) in [7, 11) is 0. The standard InChI is InChI=1S/C14H21N3/c1-2-14(1)17-10-6-13(11-17)16-9-5-12-3-7-15-8-4-12/h3-4,7-8,13-14,16H,1-2,5-6,9-11H2. The van der Waals surface area contributed by atoms with E-state index in [1.165, 1.54) is 37.9 Å².